The van der Waals surface area contributed by atoms with E-state index in [1.807, 2.05) is 0 Å². The normalized spacial score (nSPS) is 12.3. The Balaban J connectivity index is 2.21. The minimum absolute atomic E-state index is 0.282. The first-order chi connectivity index (χ1) is 10.2. The summed E-state index contributed by atoms with van der Waals surface area (Å²) >= 11 is 2.38. The van der Waals surface area contributed by atoms with E-state index in [0.29, 0.717) is 0 Å². The summed E-state index contributed by atoms with van der Waals surface area (Å²) in [6, 6.07) is 18.1. The fourth-order valence-corrected chi connectivity index (χ4v) is 3.14. The van der Waals surface area contributed by atoms with Crippen molar-refractivity contribution in [3.63, 3.8) is 0 Å². The zero-order valence-corrected chi connectivity index (χ0v) is 15.1. The molecule has 0 radical (unpaired) electrons. The maximum absolute atomic E-state index is 3.60. The molecule has 0 aliphatic rings. The van der Waals surface area contributed by atoms with Gasteiger partial charge in [0.1, 0.15) is 0 Å². The molecule has 1 atom stereocenters. The van der Waals surface area contributed by atoms with Gasteiger partial charge in [-0.1, -0.05) is 56.7 Å². The van der Waals surface area contributed by atoms with E-state index in [9.17, 15) is 0 Å². The Hall–Kier alpha value is -0.870. The van der Waals surface area contributed by atoms with Crippen LogP contribution in [0.25, 0.3) is 0 Å². The minimum Gasteiger partial charge on any atom is -0.307 e. The van der Waals surface area contributed by atoms with Crippen molar-refractivity contribution in [3.05, 3.63) is 68.8 Å². The highest BCUT2D eigenvalue weighted by Gasteiger charge is 2.12. The van der Waals surface area contributed by atoms with Crippen LogP contribution >= 0.6 is 22.6 Å². The highest BCUT2D eigenvalue weighted by molar-refractivity contribution is 14.1. The fraction of sp³-hybridized carbons (Fsp3) is 0.368. The van der Waals surface area contributed by atoms with Gasteiger partial charge >= 0.3 is 0 Å². The van der Waals surface area contributed by atoms with Crippen LogP contribution < -0.4 is 5.32 Å². The maximum Gasteiger partial charge on any atom is 0.0577 e. The minimum atomic E-state index is 0.282. The highest BCUT2D eigenvalue weighted by Crippen LogP contribution is 2.24. The Kier molecular flexibility index (Phi) is 6.71. The molecule has 2 rings (SSSR count). The summed E-state index contributed by atoms with van der Waals surface area (Å²) in [7, 11) is 0. The summed E-state index contributed by atoms with van der Waals surface area (Å²) in [6.45, 7) is 5.37. The van der Waals surface area contributed by atoms with E-state index in [2.05, 4.69) is 90.3 Å². The molecule has 21 heavy (non-hydrogen) atoms. The standard InChI is InChI=1S/C19H24IN/c1-3-5-7-15-10-12-16(13-11-15)19(21-4-2)17-8-6-9-18(20)14-17/h6,8-14,19,21H,3-5,7H2,1-2H3. The van der Waals surface area contributed by atoms with Crippen molar-refractivity contribution in [3.8, 4) is 0 Å². The lowest BCUT2D eigenvalue weighted by Gasteiger charge is -2.19. The molecule has 0 saturated heterocycles. The maximum atomic E-state index is 3.60. The van der Waals surface area contributed by atoms with E-state index >= 15 is 0 Å². The molecule has 2 heteroatoms. The van der Waals surface area contributed by atoms with Crippen LogP contribution in [0.2, 0.25) is 0 Å². The molecule has 2 aromatic carbocycles. The molecule has 0 fully saturated rings. The Bertz CT molecular complexity index is 548. The van der Waals surface area contributed by atoms with Crippen molar-refractivity contribution in [2.24, 2.45) is 0 Å². The molecular weight excluding hydrogens is 369 g/mol. The summed E-state index contributed by atoms with van der Waals surface area (Å²) in [4.78, 5) is 0. The van der Waals surface area contributed by atoms with Crippen molar-refractivity contribution in [1.29, 1.82) is 0 Å². The van der Waals surface area contributed by atoms with Crippen LogP contribution in [0.5, 0.6) is 0 Å². The second kappa shape index (κ2) is 8.54. The average Bonchev–Trinajstić information content (AvgIpc) is 2.51. The first-order valence-electron chi connectivity index (χ1n) is 7.82. The van der Waals surface area contributed by atoms with E-state index in [1.165, 1.54) is 39.5 Å². The van der Waals surface area contributed by atoms with Gasteiger partial charge in [-0.2, -0.15) is 0 Å². The number of aryl methyl sites for hydroxylation is 1. The Morgan fingerprint density at radius 3 is 2.38 bits per heavy atom. The summed E-state index contributed by atoms with van der Waals surface area (Å²) in [5, 5.41) is 3.60. The van der Waals surface area contributed by atoms with Gasteiger partial charge in [0.05, 0.1) is 6.04 Å². The predicted molar refractivity (Wildman–Crippen MR) is 99.7 cm³/mol. The lowest BCUT2D eigenvalue weighted by atomic mass is 9.97. The van der Waals surface area contributed by atoms with Crippen LogP contribution in [-0.2, 0) is 6.42 Å². The highest BCUT2D eigenvalue weighted by atomic mass is 127. The van der Waals surface area contributed by atoms with E-state index in [4.69, 9.17) is 0 Å². The second-order valence-corrected chi connectivity index (χ2v) is 6.64. The zero-order valence-electron chi connectivity index (χ0n) is 12.9. The molecule has 1 nitrogen and oxygen atoms in total. The summed E-state index contributed by atoms with van der Waals surface area (Å²) in [5.74, 6) is 0. The zero-order chi connectivity index (χ0) is 15.1. The third-order valence-corrected chi connectivity index (χ3v) is 4.39. The van der Waals surface area contributed by atoms with Crippen LogP contribution in [0.1, 0.15) is 49.4 Å². The van der Waals surface area contributed by atoms with Crippen LogP contribution in [0.3, 0.4) is 0 Å². The smallest absolute Gasteiger partial charge is 0.0577 e. The van der Waals surface area contributed by atoms with E-state index in [-0.39, 0.29) is 6.04 Å². The second-order valence-electron chi connectivity index (χ2n) is 5.39. The van der Waals surface area contributed by atoms with Gasteiger partial charge in [0.25, 0.3) is 0 Å². The number of halogens is 1. The largest absolute Gasteiger partial charge is 0.307 e. The van der Waals surface area contributed by atoms with Gasteiger partial charge in [-0.15, -0.1) is 0 Å². The van der Waals surface area contributed by atoms with Gasteiger partial charge in [0.15, 0.2) is 0 Å². The lowest BCUT2D eigenvalue weighted by molar-refractivity contribution is 0.630. The van der Waals surface area contributed by atoms with E-state index in [0.717, 1.165) is 6.54 Å². The van der Waals surface area contributed by atoms with E-state index < -0.39 is 0 Å². The number of hydrogen-bond acceptors (Lipinski definition) is 1. The molecule has 0 aliphatic heterocycles. The lowest BCUT2D eigenvalue weighted by Crippen LogP contribution is -2.22. The molecule has 2 aromatic rings. The molecule has 0 heterocycles. The number of unbranched alkanes of at least 4 members (excludes halogenated alkanes) is 1. The van der Waals surface area contributed by atoms with Crippen molar-refractivity contribution in [2.75, 3.05) is 6.54 Å². The van der Waals surface area contributed by atoms with Crippen molar-refractivity contribution < 1.29 is 0 Å². The van der Waals surface area contributed by atoms with Gasteiger partial charge < -0.3 is 5.32 Å². The molecule has 0 spiro atoms. The molecule has 1 unspecified atom stereocenters. The molecular formula is C19H24IN. The average molecular weight is 393 g/mol. The number of hydrogen-bond donors (Lipinski definition) is 1. The van der Waals surface area contributed by atoms with Crippen LogP contribution in [0.15, 0.2) is 48.5 Å². The number of rotatable bonds is 7. The molecule has 0 aliphatic carbocycles. The van der Waals surface area contributed by atoms with Crippen molar-refractivity contribution >= 4 is 22.6 Å². The first kappa shape index (κ1) is 16.5. The van der Waals surface area contributed by atoms with Gasteiger partial charge in [-0.25, -0.2) is 0 Å². The van der Waals surface area contributed by atoms with Crippen LogP contribution in [-0.4, -0.2) is 6.54 Å². The summed E-state index contributed by atoms with van der Waals surface area (Å²) < 4.78 is 1.28. The summed E-state index contributed by atoms with van der Waals surface area (Å²) in [5.41, 5.74) is 4.13. The number of nitrogens with one attached hydrogen (secondary N) is 1. The monoisotopic (exact) mass is 393 g/mol. The topological polar surface area (TPSA) is 12.0 Å². The molecule has 112 valence electrons. The van der Waals surface area contributed by atoms with Crippen LogP contribution in [0, 0.1) is 3.57 Å². The van der Waals surface area contributed by atoms with Gasteiger partial charge in [0.2, 0.25) is 0 Å². The molecule has 0 amide bonds. The van der Waals surface area contributed by atoms with Crippen molar-refractivity contribution in [1.82, 2.24) is 5.32 Å². The quantitative estimate of drug-likeness (QED) is 0.627. The van der Waals surface area contributed by atoms with E-state index in [1.54, 1.807) is 0 Å². The fourth-order valence-electron chi connectivity index (χ4n) is 2.58. The molecule has 0 bridgehead atoms. The van der Waals surface area contributed by atoms with Gasteiger partial charge in [-0.05, 0) is 70.8 Å². The third kappa shape index (κ3) is 4.82. The van der Waals surface area contributed by atoms with Gasteiger partial charge in [0, 0.05) is 3.57 Å². The molecule has 0 saturated carbocycles. The predicted octanol–water partition coefficient (Wildman–Crippen LogP) is 5.33. The SMILES string of the molecule is CCCCc1ccc(C(NCC)c2cccc(I)c2)cc1. The summed E-state index contributed by atoms with van der Waals surface area (Å²) in [6.07, 6.45) is 3.71. The Labute approximate surface area is 142 Å². The molecule has 1 N–H and O–H groups in total. The van der Waals surface area contributed by atoms with Crippen LogP contribution in [0.4, 0.5) is 0 Å². The van der Waals surface area contributed by atoms with Gasteiger partial charge in [-0.3, -0.25) is 0 Å². The Morgan fingerprint density at radius 2 is 1.76 bits per heavy atom. The molecule has 0 aromatic heterocycles. The number of benzene rings is 2. The third-order valence-electron chi connectivity index (χ3n) is 3.72. The Morgan fingerprint density at radius 1 is 1.00 bits per heavy atom. The first-order valence-corrected chi connectivity index (χ1v) is 8.90. The van der Waals surface area contributed by atoms with Crippen molar-refractivity contribution in [2.45, 2.75) is 39.2 Å².